The van der Waals surface area contributed by atoms with E-state index in [-0.39, 0.29) is 5.19 Å². The molecule has 1 aromatic rings. The standard InChI is InChI=1S/C5H5F3N2OS/c1-3-9-10-4(12-3)11-2-5(6,7)8/h2H2,1H3. The molecule has 0 aliphatic heterocycles. The highest BCUT2D eigenvalue weighted by molar-refractivity contribution is 7.12. The number of nitrogens with zero attached hydrogens (tertiary/aromatic N) is 2. The van der Waals surface area contributed by atoms with Crippen LogP contribution in [0.1, 0.15) is 5.01 Å². The molecule has 0 N–H and O–H groups in total. The van der Waals surface area contributed by atoms with Gasteiger partial charge in [0.25, 0.3) is 5.19 Å². The van der Waals surface area contributed by atoms with Crippen LogP contribution in [0.2, 0.25) is 0 Å². The Morgan fingerprint density at radius 1 is 1.42 bits per heavy atom. The molecule has 0 atom stereocenters. The SMILES string of the molecule is Cc1nnc(OCC(F)(F)F)s1. The van der Waals surface area contributed by atoms with Gasteiger partial charge < -0.3 is 4.74 Å². The van der Waals surface area contributed by atoms with Crippen LogP contribution < -0.4 is 4.74 Å². The van der Waals surface area contributed by atoms with E-state index in [1.807, 2.05) is 0 Å². The van der Waals surface area contributed by atoms with Crippen LogP contribution in [-0.2, 0) is 0 Å². The molecule has 0 aliphatic carbocycles. The van der Waals surface area contributed by atoms with E-state index in [1.165, 1.54) is 0 Å². The Morgan fingerprint density at radius 3 is 2.50 bits per heavy atom. The normalized spacial score (nSPS) is 11.7. The van der Waals surface area contributed by atoms with Crippen LogP contribution in [0.25, 0.3) is 0 Å². The molecular weight excluding hydrogens is 193 g/mol. The van der Waals surface area contributed by atoms with Crippen LogP contribution >= 0.6 is 11.3 Å². The van der Waals surface area contributed by atoms with E-state index in [9.17, 15) is 13.2 Å². The van der Waals surface area contributed by atoms with Gasteiger partial charge in [-0.25, -0.2) is 0 Å². The van der Waals surface area contributed by atoms with Crippen molar-refractivity contribution in [3.63, 3.8) is 0 Å². The number of ether oxygens (including phenoxy) is 1. The first-order valence-corrected chi connectivity index (χ1v) is 3.79. The zero-order valence-electron chi connectivity index (χ0n) is 6.05. The predicted molar refractivity (Wildman–Crippen MR) is 36.2 cm³/mol. The Labute approximate surface area is 70.2 Å². The highest BCUT2D eigenvalue weighted by Crippen LogP contribution is 2.20. The van der Waals surface area contributed by atoms with Crippen LogP contribution in [0.4, 0.5) is 13.2 Å². The maximum absolute atomic E-state index is 11.6. The molecule has 3 nitrogen and oxygen atoms in total. The zero-order chi connectivity index (χ0) is 9.19. The molecular formula is C5H5F3N2OS. The zero-order valence-corrected chi connectivity index (χ0v) is 6.87. The highest BCUT2D eigenvalue weighted by atomic mass is 32.1. The average Bonchev–Trinajstić information content (AvgIpc) is 2.30. The molecule has 0 unspecified atom stereocenters. The smallest absolute Gasteiger partial charge is 0.422 e. The molecule has 1 rings (SSSR count). The lowest BCUT2D eigenvalue weighted by Gasteiger charge is -2.04. The molecule has 0 amide bonds. The van der Waals surface area contributed by atoms with Gasteiger partial charge in [0.2, 0.25) is 0 Å². The van der Waals surface area contributed by atoms with E-state index in [1.54, 1.807) is 6.92 Å². The molecule has 1 heterocycles. The van der Waals surface area contributed by atoms with Gasteiger partial charge >= 0.3 is 6.18 Å². The van der Waals surface area contributed by atoms with Crippen LogP contribution in [-0.4, -0.2) is 23.0 Å². The maximum Gasteiger partial charge on any atom is 0.422 e. The molecule has 68 valence electrons. The van der Waals surface area contributed by atoms with Gasteiger partial charge in [-0.15, -0.1) is 10.2 Å². The minimum Gasteiger partial charge on any atom is -0.459 e. The van der Waals surface area contributed by atoms with Gasteiger partial charge in [0.15, 0.2) is 6.61 Å². The lowest BCUT2D eigenvalue weighted by molar-refractivity contribution is -0.153. The summed E-state index contributed by atoms with van der Waals surface area (Å²) in [6.07, 6.45) is -4.32. The summed E-state index contributed by atoms with van der Waals surface area (Å²) >= 11 is 0.984. The molecule has 0 aliphatic rings. The summed E-state index contributed by atoms with van der Waals surface area (Å²) in [5, 5.41) is 7.38. The van der Waals surface area contributed by atoms with Crippen molar-refractivity contribution in [2.45, 2.75) is 13.1 Å². The molecule has 1 aromatic heterocycles. The quantitative estimate of drug-likeness (QED) is 0.726. The molecule has 0 fully saturated rings. The fourth-order valence-corrected chi connectivity index (χ4v) is 1.01. The largest absolute Gasteiger partial charge is 0.459 e. The lowest BCUT2D eigenvalue weighted by Crippen LogP contribution is -2.19. The van der Waals surface area contributed by atoms with E-state index in [0.717, 1.165) is 11.3 Å². The van der Waals surface area contributed by atoms with Crippen molar-refractivity contribution < 1.29 is 17.9 Å². The van der Waals surface area contributed by atoms with Crippen LogP contribution in [0.3, 0.4) is 0 Å². The fraction of sp³-hybridized carbons (Fsp3) is 0.600. The average molecular weight is 198 g/mol. The molecule has 7 heteroatoms. The van der Waals surface area contributed by atoms with Crippen molar-refractivity contribution in [2.24, 2.45) is 0 Å². The summed E-state index contributed by atoms with van der Waals surface area (Å²) in [7, 11) is 0. The molecule has 0 bridgehead atoms. The second-order valence-corrected chi connectivity index (χ2v) is 3.14. The van der Waals surface area contributed by atoms with E-state index in [4.69, 9.17) is 0 Å². The molecule has 0 aromatic carbocycles. The van der Waals surface area contributed by atoms with Gasteiger partial charge in [0.1, 0.15) is 5.01 Å². The molecule has 12 heavy (non-hydrogen) atoms. The van der Waals surface area contributed by atoms with Crippen molar-refractivity contribution in [2.75, 3.05) is 6.61 Å². The van der Waals surface area contributed by atoms with Crippen LogP contribution in [0.15, 0.2) is 0 Å². The Morgan fingerprint density at radius 2 is 2.08 bits per heavy atom. The van der Waals surface area contributed by atoms with E-state index < -0.39 is 12.8 Å². The van der Waals surface area contributed by atoms with Crippen molar-refractivity contribution >= 4 is 11.3 Å². The van der Waals surface area contributed by atoms with Gasteiger partial charge in [-0.2, -0.15) is 13.2 Å². The molecule has 0 saturated heterocycles. The third-order valence-electron chi connectivity index (χ3n) is 0.867. The summed E-state index contributed by atoms with van der Waals surface area (Å²) in [6, 6.07) is 0. The van der Waals surface area contributed by atoms with Crippen LogP contribution in [0.5, 0.6) is 5.19 Å². The second-order valence-electron chi connectivity index (χ2n) is 1.99. The Hall–Kier alpha value is -0.850. The lowest BCUT2D eigenvalue weighted by atomic mass is 10.7. The van der Waals surface area contributed by atoms with Crippen molar-refractivity contribution in [1.29, 1.82) is 0 Å². The van der Waals surface area contributed by atoms with E-state index in [2.05, 4.69) is 14.9 Å². The minimum absolute atomic E-state index is 0.0511. The van der Waals surface area contributed by atoms with Gasteiger partial charge in [0, 0.05) is 0 Å². The first-order chi connectivity index (χ1) is 5.47. The number of aromatic nitrogens is 2. The fourth-order valence-electron chi connectivity index (χ4n) is 0.480. The topological polar surface area (TPSA) is 35.0 Å². The summed E-state index contributed by atoms with van der Waals surface area (Å²) in [4.78, 5) is 0. The monoisotopic (exact) mass is 198 g/mol. The summed E-state index contributed by atoms with van der Waals surface area (Å²) in [5.74, 6) is 0. The molecule has 0 saturated carbocycles. The first-order valence-electron chi connectivity index (χ1n) is 2.97. The summed E-state index contributed by atoms with van der Waals surface area (Å²) in [6.45, 7) is 0.319. The third kappa shape index (κ3) is 3.04. The number of rotatable bonds is 2. The van der Waals surface area contributed by atoms with Crippen LogP contribution in [0, 0.1) is 6.92 Å². The molecule has 0 spiro atoms. The minimum atomic E-state index is -4.32. The number of halogens is 3. The number of hydrogen-bond acceptors (Lipinski definition) is 4. The van der Waals surface area contributed by atoms with Gasteiger partial charge in [-0.3, -0.25) is 0 Å². The van der Waals surface area contributed by atoms with Gasteiger partial charge in [-0.1, -0.05) is 11.3 Å². The van der Waals surface area contributed by atoms with E-state index in [0.29, 0.717) is 5.01 Å². The van der Waals surface area contributed by atoms with Gasteiger partial charge in [-0.05, 0) is 6.92 Å². The Kier molecular flexibility index (Phi) is 2.51. The summed E-state index contributed by atoms with van der Waals surface area (Å²) < 4.78 is 39.0. The predicted octanol–water partition coefficient (Wildman–Crippen LogP) is 1.79. The highest BCUT2D eigenvalue weighted by Gasteiger charge is 2.28. The Balaban J connectivity index is 2.44. The Bertz CT molecular complexity index is 259. The summed E-state index contributed by atoms with van der Waals surface area (Å²) in [5.41, 5.74) is 0. The first kappa shape index (κ1) is 9.24. The van der Waals surface area contributed by atoms with Gasteiger partial charge in [0.05, 0.1) is 0 Å². The number of aryl methyl sites for hydroxylation is 1. The van der Waals surface area contributed by atoms with E-state index >= 15 is 0 Å². The van der Waals surface area contributed by atoms with Crippen molar-refractivity contribution in [1.82, 2.24) is 10.2 Å². The van der Waals surface area contributed by atoms with Crippen molar-refractivity contribution in [3.05, 3.63) is 5.01 Å². The molecule has 0 radical (unpaired) electrons. The van der Waals surface area contributed by atoms with Crippen molar-refractivity contribution in [3.8, 4) is 5.19 Å². The number of alkyl halides is 3. The second kappa shape index (κ2) is 3.26. The third-order valence-corrected chi connectivity index (χ3v) is 1.62. The number of hydrogen-bond donors (Lipinski definition) is 0. The maximum atomic E-state index is 11.6.